The Labute approximate surface area is 155 Å². The summed E-state index contributed by atoms with van der Waals surface area (Å²) in [5.74, 6) is 0.0621. The van der Waals surface area contributed by atoms with Crippen molar-refractivity contribution in [2.45, 2.75) is 0 Å². The van der Waals surface area contributed by atoms with Gasteiger partial charge in [0.25, 0.3) is 0 Å². The molecule has 0 saturated heterocycles. The van der Waals surface area contributed by atoms with Crippen LogP contribution in [0, 0.1) is 0 Å². The molecule has 0 amide bonds. The quantitative estimate of drug-likeness (QED) is 0.298. The van der Waals surface area contributed by atoms with Gasteiger partial charge in [0.2, 0.25) is 0 Å². The molecule has 26 heavy (non-hydrogen) atoms. The van der Waals surface area contributed by atoms with E-state index in [9.17, 15) is 4.79 Å². The van der Waals surface area contributed by atoms with Crippen molar-refractivity contribution < 1.29 is 9.53 Å². The number of rotatable bonds is 1. The molecule has 0 fully saturated rings. The summed E-state index contributed by atoms with van der Waals surface area (Å²) in [4.78, 5) is 12.2. The summed E-state index contributed by atoms with van der Waals surface area (Å²) in [7, 11) is 0. The summed E-state index contributed by atoms with van der Waals surface area (Å²) >= 11 is 6.87. The summed E-state index contributed by atoms with van der Waals surface area (Å²) in [6.45, 7) is 0. The standard InChI is InChI=1S/C23H13ClO2/c24-21(22-18-11-5-6-12-19(18)23(25)26-22)20-16-9-3-1-7-14(16)13-15-8-2-4-10-17(15)20/h1-13H. The van der Waals surface area contributed by atoms with E-state index in [1.807, 2.05) is 54.6 Å². The monoisotopic (exact) mass is 356 g/mol. The van der Waals surface area contributed by atoms with E-state index in [1.165, 1.54) is 0 Å². The highest BCUT2D eigenvalue weighted by molar-refractivity contribution is 6.55. The topological polar surface area (TPSA) is 26.3 Å². The molecule has 124 valence electrons. The molecule has 0 saturated carbocycles. The number of carbonyl (C=O) groups is 1. The fraction of sp³-hybridized carbons (Fsp3) is 0. The van der Waals surface area contributed by atoms with Gasteiger partial charge in [0.15, 0.2) is 5.76 Å². The Morgan fingerprint density at radius 2 is 1.27 bits per heavy atom. The molecule has 0 radical (unpaired) electrons. The molecule has 0 aromatic heterocycles. The molecular weight excluding hydrogens is 344 g/mol. The molecule has 1 aliphatic heterocycles. The number of halogens is 1. The fourth-order valence-corrected chi connectivity index (χ4v) is 3.93. The number of benzene rings is 4. The molecule has 0 bridgehead atoms. The third-order valence-corrected chi connectivity index (χ3v) is 5.14. The molecule has 3 heteroatoms. The Balaban J connectivity index is 1.91. The second-order valence-corrected chi connectivity index (χ2v) is 6.65. The highest BCUT2D eigenvalue weighted by Gasteiger charge is 2.29. The maximum atomic E-state index is 12.2. The zero-order valence-corrected chi connectivity index (χ0v) is 14.5. The van der Waals surface area contributed by atoms with Crippen LogP contribution in [0.3, 0.4) is 0 Å². The lowest BCUT2D eigenvalue weighted by Crippen LogP contribution is -1.93. The van der Waals surface area contributed by atoms with E-state index in [-0.39, 0.29) is 5.97 Å². The molecule has 0 atom stereocenters. The van der Waals surface area contributed by atoms with Crippen LogP contribution in [0.15, 0.2) is 78.9 Å². The van der Waals surface area contributed by atoms with Crippen molar-refractivity contribution in [2.24, 2.45) is 0 Å². The number of fused-ring (bicyclic) bond motifs is 3. The second-order valence-electron chi connectivity index (χ2n) is 6.27. The minimum atomic E-state index is -0.363. The number of carbonyl (C=O) groups excluding carboxylic acids is 1. The third kappa shape index (κ3) is 2.16. The van der Waals surface area contributed by atoms with Crippen LogP contribution >= 0.6 is 11.6 Å². The normalized spacial score (nSPS) is 15.2. The van der Waals surface area contributed by atoms with Crippen molar-refractivity contribution in [1.29, 1.82) is 0 Å². The maximum absolute atomic E-state index is 12.2. The van der Waals surface area contributed by atoms with Crippen LogP contribution in [0.25, 0.3) is 32.3 Å². The summed E-state index contributed by atoms with van der Waals surface area (Å²) in [5, 5.41) is 4.71. The smallest absolute Gasteiger partial charge is 0.344 e. The lowest BCUT2D eigenvalue weighted by Gasteiger charge is -2.12. The summed E-state index contributed by atoms with van der Waals surface area (Å²) in [5.41, 5.74) is 2.17. The van der Waals surface area contributed by atoms with Gasteiger partial charge in [-0.25, -0.2) is 4.79 Å². The van der Waals surface area contributed by atoms with Crippen LogP contribution in [0.2, 0.25) is 0 Å². The first-order valence-electron chi connectivity index (χ1n) is 8.36. The molecule has 4 aromatic carbocycles. The van der Waals surface area contributed by atoms with Gasteiger partial charge in [-0.3, -0.25) is 0 Å². The highest BCUT2D eigenvalue weighted by atomic mass is 35.5. The van der Waals surface area contributed by atoms with Gasteiger partial charge in [-0.1, -0.05) is 78.3 Å². The molecule has 5 rings (SSSR count). The van der Waals surface area contributed by atoms with Crippen molar-refractivity contribution >= 4 is 49.9 Å². The number of hydrogen-bond donors (Lipinski definition) is 0. The molecule has 1 aliphatic rings. The summed E-state index contributed by atoms with van der Waals surface area (Å²) < 4.78 is 5.55. The first-order chi connectivity index (χ1) is 12.7. The number of hydrogen-bond acceptors (Lipinski definition) is 2. The SMILES string of the molecule is O=C1OC(=C(Cl)c2c3ccccc3cc3ccccc23)c2ccccc21. The van der Waals surface area contributed by atoms with Crippen molar-refractivity contribution in [3.8, 4) is 0 Å². The number of esters is 1. The molecule has 0 spiro atoms. The Kier molecular flexibility index (Phi) is 3.34. The Morgan fingerprint density at radius 3 is 1.92 bits per heavy atom. The first kappa shape index (κ1) is 15.2. The van der Waals surface area contributed by atoms with Gasteiger partial charge in [0.1, 0.15) is 0 Å². The largest absolute Gasteiger partial charge is 0.421 e. The van der Waals surface area contributed by atoms with Gasteiger partial charge in [0.05, 0.1) is 10.6 Å². The number of cyclic esters (lactones) is 1. The Hall–Kier alpha value is -3.10. The third-order valence-electron chi connectivity index (χ3n) is 4.78. The number of ether oxygens (including phenoxy) is 1. The van der Waals surface area contributed by atoms with Gasteiger partial charge in [-0.2, -0.15) is 0 Å². The van der Waals surface area contributed by atoms with Crippen LogP contribution in [0.1, 0.15) is 21.5 Å². The molecule has 0 unspecified atom stereocenters. The average molecular weight is 357 g/mol. The average Bonchev–Trinajstić information content (AvgIpc) is 3.02. The minimum Gasteiger partial charge on any atom is -0.421 e. The highest BCUT2D eigenvalue weighted by Crippen LogP contribution is 2.42. The predicted octanol–water partition coefficient (Wildman–Crippen LogP) is 6.23. The lowest BCUT2D eigenvalue weighted by molar-refractivity contribution is 0.0717. The van der Waals surface area contributed by atoms with E-state index in [2.05, 4.69) is 18.2 Å². The van der Waals surface area contributed by atoms with Crippen LogP contribution in [-0.4, -0.2) is 5.97 Å². The van der Waals surface area contributed by atoms with Gasteiger partial charge >= 0.3 is 5.97 Å². The van der Waals surface area contributed by atoms with Crippen LogP contribution in [0.5, 0.6) is 0 Å². The maximum Gasteiger partial charge on any atom is 0.344 e. The fourth-order valence-electron chi connectivity index (χ4n) is 3.59. The molecule has 2 nitrogen and oxygen atoms in total. The van der Waals surface area contributed by atoms with Crippen LogP contribution < -0.4 is 0 Å². The zero-order chi connectivity index (χ0) is 17.7. The van der Waals surface area contributed by atoms with Crippen molar-refractivity contribution in [3.63, 3.8) is 0 Å². The Morgan fingerprint density at radius 1 is 0.731 bits per heavy atom. The molecule has 0 N–H and O–H groups in total. The predicted molar refractivity (Wildman–Crippen MR) is 106 cm³/mol. The van der Waals surface area contributed by atoms with Crippen molar-refractivity contribution in [1.82, 2.24) is 0 Å². The van der Waals surface area contributed by atoms with Crippen LogP contribution in [0.4, 0.5) is 0 Å². The van der Waals surface area contributed by atoms with E-state index >= 15 is 0 Å². The zero-order valence-electron chi connectivity index (χ0n) is 13.7. The van der Waals surface area contributed by atoms with E-state index in [4.69, 9.17) is 16.3 Å². The summed E-state index contributed by atoms with van der Waals surface area (Å²) in [6.07, 6.45) is 0. The van der Waals surface area contributed by atoms with E-state index < -0.39 is 0 Å². The van der Waals surface area contributed by atoms with Gasteiger partial charge in [-0.05, 0) is 33.7 Å². The lowest BCUT2D eigenvalue weighted by atomic mass is 9.95. The van der Waals surface area contributed by atoms with Gasteiger partial charge in [0, 0.05) is 11.1 Å². The van der Waals surface area contributed by atoms with Gasteiger partial charge < -0.3 is 4.74 Å². The molecule has 0 aliphatic carbocycles. The Bertz CT molecular complexity index is 1180. The van der Waals surface area contributed by atoms with Crippen molar-refractivity contribution in [3.05, 3.63) is 95.6 Å². The van der Waals surface area contributed by atoms with Crippen molar-refractivity contribution in [2.75, 3.05) is 0 Å². The minimum absolute atomic E-state index is 0.363. The van der Waals surface area contributed by atoms with E-state index in [0.29, 0.717) is 16.4 Å². The summed E-state index contributed by atoms with van der Waals surface area (Å²) in [6, 6.07) is 25.7. The van der Waals surface area contributed by atoms with Crippen LogP contribution in [-0.2, 0) is 4.74 Å². The van der Waals surface area contributed by atoms with E-state index in [0.717, 1.165) is 32.7 Å². The van der Waals surface area contributed by atoms with E-state index in [1.54, 1.807) is 6.07 Å². The first-order valence-corrected chi connectivity index (χ1v) is 8.74. The van der Waals surface area contributed by atoms with Gasteiger partial charge in [-0.15, -0.1) is 0 Å². The molecule has 1 heterocycles. The molecule has 4 aromatic rings. The second kappa shape index (κ2) is 5.72. The molecular formula is C23H13ClO2.